The highest BCUT2D eigenvalue weighted by Crippen LogP contribution is 2.34. The largest absolute Gasteiger partial charge is 0.355 e. The molecule has 0 aromatic heterocycles. The molecule has 0 aliphatic heterocycles. The van der Waals surface area contributed by atoms with Crippen LogP contribution in [-0.2, 0) is 17.9 Å². The number of carbonyl (C=O) groups excluding carboxylic acids is 1. The number of halogens is 1. The van der Waals surface area contributed by atoms with Crippen LogP contribution in [0, 0.1) is 0 Å². The number of amides is 1. The molecule has 0 bridgehead atoms. The van der Waals surface area contributed by atoms with Gasteiger partial charge in [0.25, 0.3) is 0 Å². The number of hydrogen-bond donors (Lipinski definition) is 1. The lowest BCUT2D eigenvalue weighted by molar-refractivity contribution is -0.109. The fourth-order valence-corrected chi connectivity index (χ4v) is 3.58. The quantitative estimate of drug-likeness (QED) is 0.741. The van der Waals surface area contributed by atoms with Gasteiger partial charge in [0, 0.05) is 27.4 Å². The molecule has 0 saturated carbocycles. The van der Waals surface area contributed by atoms with Crippen LogP contribution >= 0.6 is 27.7 Å². The topological polar surface area (TPSA) is 32.3 Å². The summed E-state index contributed by atoms with van der Waals surface area (Å²) in [6.07, 6.45) is 0.731. The van der Waals surface area contributed by atoms with Crippen LogP contribution in [0.25, 0.3) is 0 Å². The third-order valence-electron chi connectivity index (χ3n) is 3.08. The predicted octanol–water partition coefficient (Wildman–Crippen LogP) is 3.91. The van der Waals surface area contributed by atoms with E-state index in [1.165, 1.54) is 10.5 Å². The van der Waals surface area contributed by atoms with Crippen molar-refractivity contribution >= 4 is 34.1 Å². The Morgan fingerprint density at radius 3 is 2.59 bits per heavy atom. The van der Waals surface area contributed by atoms with Crippen molar-refractivity contribution < 1.29 is 4.79 Å². The summed E-state index contributed by atoms with van der Waals surface area (Å²) in [4.78, 5) is 15.1. The fourth-order valence-electron chi connectivity index (χ4n) is 2.13. The Bertz CT molecular complexity index is 646. The van der Waals surface area contributed by atoms with Crippen LogP contribution in [-0.4, -0.2) is 25.4 Å². The smallest absolute Gasteiger partial charge is 0.207 e. The second-order valence-corrected chi connectivity index (χ2v) is 7.20. The second-order valence-electron chi connectivity index (χ2n) is 5.20. The molecule has 3 nitrogen and oxygen atoms in total. The van der Waals surface area contributed by atoms with Crippen molar-refractivity contribution in [3.8, 4) is 0 Å². The monoisotopic (exact) mass is 378 g/mol. The summed E-state index contributed by atoms with van der Waals surface area (Å²) in [5.74, 6) is 0. The molecule has 2 rings (SSSR count). The summed E-state index contributed by atoms with van der Waals surface area (Å²) < 4.78 is 1.01. The zero-order chi connectivity index (χ0) is 15.9. The van der Waals surface area contributed by atoms with E-state index < -0.39 is 0 Å². The molecule has 0 aliphatic carbocycles. The third kappa shape index (κ3) is 4.87. The lowest BCUT2D eigenvalue weighted by atomic mass is 10.2. The second kappa shape index (κ2) is 8.36. The van der Waals surface area contributed by atoms with Gasteiger partial charge in [-0.3, -0.25) is 4.79 Å². The molecule has 0 saturated heterocycles. The molecule has 0 spiro atoms. The highest BCUT2D eigenvalue weighted by atomic mass is 79.9. The number of hydrogen-bond acceptors (Lipinski definition) is 3. The van der Waals surface area contributed by atoms with Gasteiger partial charge in [-0.1, -0.05) is 45.9 Å². The van der Waals surface area contributed by atoms with Gasteiger partial charge < -0.3 is 10.2 Å². The first-order valence-electron chi connectivity index (χ1n) is 6.96. The normalized spacial score (nSPS) is 10.7. The Balaban J connectivity index is 2.28. The number of carbonyl (C=O) groups is 1. The van der Waals surface area contributed by atoms with Crippen LogP contribution < -0.4 is 5.32 Å². The van der Waals surface area contributed by atoms with E-state index in [2.05, 4.69) is 70.6 Å². The maximum absolute atomic E-state index is 10.6. The van der Waals surface area contributed by atoms with Gasteiger partial charge in [-0.2, -0.15) is 0 Å². The molecule has 0 atom stereocenters. The van der Waals surface area contributed by atoms with Crippen molar-refractivity contribution in [1.82, 2.24) is 10.2 Å². The zero-order valence-corrected chi connectivity index (χ0v) is 15.1. The first kappa shape index (κ1) is 17.1. The van der Waals surface area contributed by atoms with Gasteiger partial charge in [0.1, 0.15) is 0 Å². The highest BCUT2D eigenvalue weighted by molar-refractivity contribution is 9.10. The van der Waals surface area contributed by atoms with E-state index in [9.17, 15) is 4.79 Å². The first-order valence-corrected chi connectivity index (χ1v) is 8.57. The van der Waals surface area contributed by atoms with Crippen LogP contribution in [0.1, 0.15) is 11.1 Å². The van der Waals surface area contributed by atoms with E-state index >= 15 is 0 Å². The molecule has 1 N–H and O–H groups in total. The molecular formula is C17H19BrN2OS. The van der Waals surface area contributed by atoms with Crippen LogP contribution in [0.15, 0.2) is 56.7 Å². The molecule has 1 amide bonds. The van der Waals surface area contributed by atoms with Gasteiger partial charge in [-0.05, 0) is 49.5 Å². The van der Waals surface area contributed by atoms with E-state index in [1.807, 2.05) is 12.1 Å². The minimum absolute atomic E-state index is 0.529. The van der Waals surface area contributed by atoms with E-state index in [0.29, 0.717) is 6.54 Å². The van der Waals surface area contributed by atoms with Gasteiger partial charge in [-0.25, -0.2) is 0 Å². The number of nitrogens with zero attached hydrogens (tertiary/aromatic N) is 1. The van der Waals surface area contributed by atoms with Crippen molar-refractivity contribution in [2.45, 2.75) is 22.9 Å². The summed E-state index contributed by atoms with van der Waals surface area (Å²) in [7, 11) is 4.14. The predicted molar refractivity (Wildman–Crippen MR) is 95.0 cm³/mol. The molecule has 2 aromatic rings. The molecule has 0 heterocycles. The summed E-state index contributed by atoms with van der Waals surface area (Å²) in [5.41, 5.74) is 2.40. The Hall–Kier alpha value is -1.30. The molecule has 116 valence electrons. The van der Waals surface area contributed by atoms with Crippen molar-refractivity contribution in [1.29, 1.82) is 0 Å². The van der Waals surface area contributed by atoms with Crippen molar-refractivity contribution in [2.75, 3.05) is 14.1 Å². The molecule has 2 aromatic carbocycles. The lowest BCUT2D eigenvalue weighted by Crippen LogP contribution is -2.12. The Labute approximate surface area is 144 Å². The average Bonchev–Trinajstić information content (AvgIpc) is 2.48. The van der Waals surface area contributed by atoms with Gasteiger partial charge >= 0.3 is 0 Å². The van der Waals surface area contributed by atoms with Crippen LogP contribution in [0.5, 0.6) is 0 Å². The van der Waals surface area contributed by atoms with Crippen molar-refractivity contribution in [2.24, 2.45) is 0 Å². The summed E-state index contributed by atoms with van der Waals surface area (Å²) >= 11 is 5.23. The maximum Gasteiger partial charge on any atom is 0.207 e. The Morgan fingerprint density at radius 2 is 1.86 bits per heavy atom. The Kier molecular flexibility index (Phi) is 6.49. The van der Waals surface area contributed by atoms with E-state index in [-0.39, 0.29) is 0 Å². The average molecular weight is 379 g/mol. The molecule has 0 fully saturated rings. The van der Waals surface area contributed by atoms with Crippen molar-refractivity contribution in [3.05, 3.63) is 58.1 Å². The van der Waals surface area contributed by atoms with Gasteiger partial charge in [0.05, 0.1) is 0 Å². The lowest BCUT2D eigenvalue weighted by Gasteiger charge is -2.15. The van der Waals surface area contributed by atoms with E-state index in [4.69, 9.17) is 0 Å². The minimum atomic E-state index is 0.529. The molecule has 0 unspecified atom stereocenters. The Morgan fingerprint density at radius 1 is 1.14 bits per heavy atom. The number of benzene rings is 2. The van der Waals surface area contributed by atoms with Crippen LogP contribution in [0.2, 0.25) is 0 Å². The first-order chi connectivity index (χ1) is 10.6. The maximum atomic E-state index is 10.6. The van der Waals surface area contributed by atoms with Crippen LogP contribution in [0.4, 0.5) is 0 Å². The minimum Gasteiger partial charge on any atom is -0.355 e. The third-order valence-corrected chi connectivity index (χ3v) is 4.81. The van der Waals surface area contributed by atoms with Gasteiger partial charge in [0.2, 0.25) is 6.41 Å². The summed E-state index contributed by atoms with van der Waals surface area (Å²) in [6.45, 7) is 1.43. The SMILES string of the molecule is CN(C)Cc1ccccc1Sc1ccc(Br)cc1CNC=O. The van der Waals surface area contributed by atoms with Crippen LogP contribution in [0.3, 0.4) is 0 Å². The van der Waals surface area contributed by atoms with E-state index in [1.54, 1.807) is 11.8 Å². The van der Waals surface area contributed by atoms with E-state index in [0.717, 1.165) is 27.9 Å². The van der Waals surface area contributed by atoms with Gasteiger partial charge in [-0.15, -0.1) is 0 Å². The zero-order valence-electron chi connectivity index (χ0n) is 12.7. The highest BCUT2D eigenvalue weighted by Gasteiger charge is 2.09. The summed E-state index contributed by atoms with van der Waals surface area (Å²) in [5, 5.41) is 2.74. The molecule has 0 aliphatic rings. The number of nitrogens with one attached hydrogen (secondary N) is 1. The molecule has 5 heteroatoms. The van der Waals surface area contributed by atoms with Gasteiger partial charge in [0.15, 0.2) is 0 Å². The number of rotatable bonds is 7. The fraction of sp³-hybridized carbons (Fsp3) is 0.235. The standard InChI is InChI=1S/C17H19BrN2OS/c1-20(2)11-13-5-3-4-6-16(13)22-17-8-7-15(18)9-14(17)10-19-12-21/h3-9,12H,10-11H2,1-2H3,(H,19,21). The van der Waals surface area contributed by atoms with Crippen molar-refractivity contribution in [3.63, 3.8) is 0 Å². The summed E-state index contributed by atoms with van der Waals surface area (Å²) in [6, 6.07) is 14.6. The molecular weight excluding hydrogens is 360 g/mol. The molecule has 0 radical (unpaired) electrons. The molecule has 22 heavy (non-hydrogen) atoms.